The summed E-state index contributed by atoms with van der Waals surface area (Å²) in [5.74, 6) is -3.35. The molecule has 348 valence electrons. The molecule has 1 aliphatic heterocycles. The van der Waals surface area contributed by atoms with E-state index in [0.717, 1.165) is 51.4 Å². The molecule has 9 atom stereocenters. The Labute approximate surface area is 366 Å². The lowest BCUT2D eigenvalue weighted by Crippen LogP contribution is -2.61. The quantitative estimate of drug-likeness (QED) is 0.162. The molecule has 5 unspecified atom stereocenters. The average Bonchev–Trinajstić information content (AvgIpc) is 3.22. The fourth-order valence-electron chi connectivity index (χ4n) is 8.64. The molecule has 15 nitrogen and oxygen atoms in total. The van der Waals surface area contributed by atoms with E-state index in [0.29, 0.717) is 25.7 Å². The molecule has 0 aromatic carbocycles. The van der Waals surface area contributed by atoms with Gasteiger partial charge in [0, 0.05) is 26.9 Å². The number of unbranched alkanes of at least 4 members (excludes halogenated alkanes) is 1. The Morgan fingerprint density at radius 3 is 1.92 bits per heavy atom. The zero-order valence-electron chi connectivity index (χ0n) is 39.3. The number of hydrogen-bond donors (Lipinski definition) is 4. The minimum Gasteiger partial charge on any atom is -0.451 e. The standard InChI is InChI=1S/C46H81N7O8/c1-12-14-20-31(7)27-36-44(58)51(9)32(8)46(60)61-39(23-18-24-47)42(56)48-34(19-13-2)43(57)52(10)37(26-30(5)6)40(54)49-35(25-29(3)4)45(59)53(11)38(41(55)50-36)28-33-21-16-15-17-22-33/h29-39,45,59H,12-23,25-28H2,1-11H3,(H,48,56)(H,49,54)(H,50,55)/t31-,32?,34?,35+,36?,37?,38+,39-,45?/m1/s1. The minimum atomic E-state index is -1.45. The summed E-state index contributed by atoms with van der Waals surface area (Å²) in [4.78, 5) is 89.8. The van der Waals surface area contributed by atoms with Gasteiger partial charge in [-0.25, -0.2) is 4.79 Å². The second-order valence-corrected chi connectivity index (χ2v) is 18.8. The van der Waals surface area contributed by atoms with Crippen LogP contribution in [0.2, 0.25) is 0 Å². The van der Waals surface area contributed by atoms with E-state index in [9.17, 15) is 39.1 Å². The smallest absolute Gasteiger partial charge is 0.329 e. The third kappa shape index (κ3) is 16.8. The van der Waals surface area contributed by atoms with Crippen molar-refractivity contribution >= 4 is 35.5 Å². The second kappa shape index (κ2) is 26.6. The number of aliphatic hydroxyl groups is 1. The van der Waals surface area contributed by atoms with Crippen molar-refractivity contribution in [3.63, 3.8) is 0 Å². The van der Waals surface area contributed by atoms with Gasteiger partial charge in [-0.1, -0.05) is 106 Å². The van der Waals surface area contributed by atoms with Crippen molar-refractivity contribution in [2.75, 3.05) is 21.1 Å². The molecule has 1 saturated heterocycles. The van der Waals surface area contributed by atoms with Gasteiger partial charge in [0.1, 0.15) is 30.4 Å². The lowest BCUT2D eigenvalue weighted by atomic mass is 9.84. The predicted octanol–water partition coefficient (Wildman–Crippen LogP) is 5.04. The number of ether oxygens (including phenoxy) is 1. The first-order valence-corrected chi connectivity index (χ1v) is 23.2. The molecule has 0 spiro atoms. The Hall–Kier alpha value is -3.77. The summed E-state index contributed by atoms with van der Waals surface area (Å²) in [7, 11) is 4.66. The van der Waals surface area contributed by atoms with E-state index >= 15 is 0 Å². The molecule has 0 radical (unpaired) electrons. The lowest BCUT2D eigenvalue weighted by molar-refractivity contribution is -0.163. The summed E-state index contributed by atoms with van der Waals surface area (Å²) in [5.41, 5.74) is 0. The third-order valence-corrected chi connectivity index (χ3v) is 12.6. The van der Waals surface area contributed by atoms with Crippen LogP contribution in [-0.2, 0) is 33.5 Å². The molecule has 61 heavy (non-hydrogen) atoms. The molecule has 0 aromatic heterocycles. The maximum atomic E-state index is 14.7. The molecule has 2 rings (SSSR count). The molecule has 1 saturated carbocycles. The second-order valence-electron chi connectivity index (χ2n) is 18.8. The topological polar surface area (TPSA) is 201 Å². The number of nitriles is 1. The molecule has 1 aliphatic carbocycles. The first-order chi connectivity index (χ1) is 28.8. The van der Waals surface area contributed by atoms with Gasteiger partial charge in [-0.15, -0.1) is 0 Å². The van der Waals surface area contributed by atoms with E-state index in [1.165, 1.54) is 30.8 Å². The van der Waals surface area contributed by atoms with E-state index in [1.807, 2.05) is 47.6 Å². The molecular formula is C46H81N7O8. The van der Waals surface area contributed by atoms with Crippen LogP contribution < -0.4 is 16.0 Å². The van der Waals surface area contributed by atoms with Crippen LogP contribution in [0.15, 0.2) is 0 Å². The Kier molecular flexibility index (Phi) is 23.3. The number of hydrogen-bond acceptors (Lipinski definition) is 10. The average molecular weight is 860 g/mol. The van der Waals surface area contributed by atoms with Crippen LogP contribution in [0.3, 0.4) is 0 Å². The summed E-state index contributed by atoms with van der Waals surface area (Å²) in [5, 5.41) is 30.6. The maximum absolute atomic E-state index is 14.7. The number of nitrogens with one attached hydrogen (secondary N) is 3. The van der Waals surface area contributed by atoms with Crippen molar-refractivity contribution in [3.8, 4) is 6.07 Å². The summed E-state index contributed by atoms with van der Waals surface area (Å²) in [6.07, 6.45) is 6.84. The number of aliphatic hydroxyl groups excluding tert-OH is 1. The molecule has 15 heteroatoms. The molecule has 4 N–H and O–H groups in total. The van der Waals surface area contributed by atoms with Gasteiger partial charge >= 0.3 is 5.97 Å². The van der Waals surface area contributed by atoms with Crippen LogP contribution in [-0.4, -0.2) is 125 Å². The summed E-state index contributed by atoms with van der Waals surface area (Å²) < 4.78 is 5.73. The summed E-state index contributed by atoms with van der Waals surface area (Å²) in [6.45, 7) is 15.3. The number of carbonyl (C=O) groups is 6. The van der Waals surface area contributed by atoms with E-state index in [-0.39, 0.29) is 49.4 Å². The first-order valence-electron chi connectivity index (χ1n) is 23.2. The van der Waals surface area contributed by atoms with Gasteiger partial charge in [0.15, 0.2) is 6.10 Å². The Balaban J connectivity index is 2.82. The molecule has 2 fully saturated rings. The van der Waals surface area contributed by atoms with Crippen LogP contribution in [0, 0.1) is 35.0 Å². The highest BCUT2D eigenvalue weighted by Gasteiger charge is 2.41. The summed E-state index contributed by atoms with van der Waals surface area (Å²) in [6, 6.07) is -3.98. The molecule has 2 aliphatic rings. The minimum absolute atomic E-state index is 0.0188. The molecular weight excluding hydrogens is 779 g/mol. The highest BCUT2D eigenvalue weighted by molar-refractivity contribution is 5.95. The fraction of sp³-hybridized carbons (Fsp3) is 0.848. The zero-order valence-corrected chi connectivity index (χ0v) is 39.3. The van der Waals surface area contributed by atoms with Gasteiger partial charge in [-0.05, 0) is 69.7 Å². The maximum Gasteiger partial charge on any atom is 0.329 e. The first kappa shape index (κ1) is 53.4. The van der Waals surface area contributed by atoms with Gasteiger partial charge in [0.2, 0.25) is 23.6 Å². The molecule has 0 bridgehead atoms. The van der Waals surface area contributed by atoms with Crippen LogP contribution in [0.1, 0.15) is 158 Å². The van der Waals surface area contributed by atoms with Crippen LogP contribution in [0.4, 0.5) is 0 Å². The largest absolute Gasteiger partial charge is 0.451 e. The van der Waals surface area contributed by atoms with Crippen molar-refractivity contribution in [1.29, 1.82) is 5.26 Å². The van der Waals surface area contributed by atoms with Crippen molar-refractivity contribution in [2.45, 2.75) is 207 Å². The molecule has 5 amide bonds. The van der Waals surface area contributed by atoms with E-state index in [4.69, 9.17) is 4.74 Å². The van der Waals surface area contributed by atoms with E-state index < -0.39 is 84.1 Å². The van der Waals surface area contributed by atoms with E-state index in [2.05, 4.69) is 22.9 Å². The van der Waals surface area contributed by atoms with Gasteiger partial charge in [0.25, 0.3) is 5.91 Å². The predicted molar refractivity (Wildman–Crippen MR) is 235 cm³/mol. The van der Waals surface area contributed by atoms with Gasteiger partial charge in [-0.3, -0.25) is 28.9 Å². The summed E-state index contributed by atoms with van der Waals surface area (Å²) >= 11 is 0. The lowest BCUT2D eigenvalue weighted by Gasteiger charge is -2.40. The fourth-order valence-corrected chi connectivity index (χ4v) is 8.64. The van der Waals surface area contributed by atoms with Crippen LogP contribution in [0.5, 0.6) is 0 Å². The van der Waals surface area contributed by atoms with Crippen molar-refractivity contribution in [1.82, 2.24) is 30.7 Å². The highest BCUT2D eigenvalue weighted by Crippen LogP contribution is 2.30. The van der Waals surface area contributed by atoms with Gasteiger partial charge < -0.3 is 35.6 Å². The number of likely N-dealkylation sites (N-methyl/N-ethyl adjacent to an activating group) is 3. The van der Waals surface area contributed by atoms with Crippen molar-refractivity contribution in [3.05, 3.63) is 0 Å². The normalized spacial score (nSPS) is 28.5. The monoisotopic (exact) mass is 860 g/mol. The van der Waals surface area contributed by atoms with Gasteiger partial charge in [0.05, 0.1) is 18.2 Å². The molecule has 1 heterocycles. The highest BCUT2D eigenvalue weighted by atomic mass is 16.5. The Morgan fingerprint density at radius 2 is 1.34 bits per heavy atom. The number of amides is 5. The van der Waals surface area contributed by atoms with E-state index in [1.54, 1.807) is 11.9 Å². The SMILES string of the molecule is CCCC[C@@H](C)CC1NC(=O)[C@H](CC2CCCCC2)N(C)C(O)[C@H](CC(C)C)NC(=O)C(CC(C)C)N(C)C(=O)C(CCC)NC(=O)[C@@H](CCC#N)OC(=O)C(C)N(C)C1=O. The number of esters is 1. The Bertz CT molecular complexity index is 1460. The van der Waals surface area contributed by atoms with Crippen molar-refractivity contribution < 1.29 is 38.6 Å². The third-order valence-electron chi connectivity index (χ3n) is 12.6. The Morgan fingerprint density at radius 1 is 0.754 bits per heavy atom. The number of carbonyl (C=O) groups excluding carboxylic acids is 6. The van der Waals surface area contributed by atoms with Crippen molar-refractivity contribution in [2.24, 2.45) is 23.7 Å². The van der Waals surface area contributed by atoms with Crippen LogP contribution >= 0.6 is 0 Å². The molecule has 0 aromatic rings. The van der Waals surface area contributed by atoms with Gasteiger partial charge in [-0.2, -0.15) is 5.26 Å². The number of nitrogens with zero attached hydrogens (tertiary/aromatic N) is 4. The van der Waals surface area contributed by atoms with Crippen LogP contribution in [0.25, 0.3) is 0 Å². The zero-order chi connectivity index (χ0) is 46.0. The number of rotatable bonds is 15. The number of cyclic esters (lactones) is 1.